The van der Waals surface area contributed by atoms with Crippen LogP contribution < -0.4 is 4.74 Å². The second kappa shape index (κ2) is 4.69. The van der Waals surface area contributed by atoms with Crippen LogP contribution in [-0.2, 0) is 6.18 Å². The summed E-state index contributed by atoms with van der Waals surface area (Å²) in [5, 5.41) is 1.71. The molecule has 0 unspecified atom stereocenters. The smallest absolute Gasteiger partial charge is 0.416 e. The van der Waals surface area contributed by atoms with Crippen molar-refractivity contribution in [1.82, 2.24) is 9.97 Å². The van der Waals surface area contributed by atoms with E-state index in [2.05, 4.69) is 9.97 Å². The summed E-state index contributed by atoms with van der Waals surface area (Å²) >= 11 is 0. The molecule has 0 aliphatic carbocycles. The zero-order valence-electron chi connectivity index (χ0n) is 12.6. The second-order valence-electron chi connectivity index (χ2n) is 5.83. The lowest BCUT2D eigenvalue weighted by atomic mass is 9.98. The minimum Gasteiger partial charge on any atom is -0.438 e. The number of aromatic nitrogens is 2. The van der Waals surface area contributed by atoms with E-state index in [4.69, 9.17) is 4.74 Å². The number of ether oxygens (including phenoxy) is 1. The minimum absolute atomic E-state index is 0.365. The average Bonchev–Trinajstić information content (AvgIpc) is 2.61. The molecule has 3 heterocycles. The van der Waals surface area contributed by atoms with Gasteiger partial charge in [-0.15, -0.1) is 0 Å². The molecule has 0 fully saturated rings. The van der Waals surface area contributed by atoms with E-state index in [1.54, 1.807) is 12.3 Å². The summed E-state index contributed by atoms with van der Waals surface area (Å²) in [6.07, 6.45) is -2.81. The molecular formula is C19H9F3N2O. The van der Waals surface area contributed by atoms with E-state index >= 15 is 0 Å². The van der Waals surface area contributed by atoms with Crippen LogP contribution in [0.25, 0.3) is 32.9 Å². The second-order valence-corrected chi connectivity index (χ2v) is 5.83. The molecule has 0 bridgehead atoms. The lowest BCUT2D eigenvalue weighted by Crippen LogP contribution is -2.05. The van der Waals surface area contributed by atoms with Gasteiger partial charge in [0.15, 0.2) is 0 Å². The Morgan fingerprint density at radius 2 is 1.76 bits per heavy atom. The molecule has 0 N–H and O–H groups in total. The molecule has 2 aromatic carbocycles. The van der Waals surface area contributed by atoms with Crippen molar-refractivity contribution in [2.45, 2.75) is 6.18 Å². The Hall–Kier alpha value is -3.15. The van der Waals surface area contributed by atoms with Crippen LogP contribution in [0.15, 0.2) is 54.7 Å². The molecular weight excluding hydrogens is 329 g/mol. The van der Waals surface area contributed by atoms with Gasteiger partial charge in [-0.25, -0.2) is 4.98 Å². The molecule has 3 nitrogen and oxygen atoms in total. The molecule has 0 atom stereocenters. The average molecular weight is 338 g/mol. The van der Waals surface area contributed by atoms with E-state index in [0.717, 1.165) is 17.7 Å². The Morgan fingerprint density at radius 3 is 2.60 bits per heavy atom. The van der Waals surface area contributed by atoms with Crippen molar-refractivity contribution in [2.75, 3.05) is 0 Å². The van der Waals surface area contributed by atoms with Crippen LogP contribution in [0.1, 0.15) is 5.56 Å². The van der Waals surface area contributed by atoms with Crippen LogP contribution in [-0.4, -0.2) is 9.97 Å². The lowest BCUT2D eigenvalue weighted by Gasteiger charge is -2.20. The van der Waals surface area contributed by atoms with E-state index in [1.165, 1.54) is 6.07 Å². The number of nitrogens with zero attached hydrogens (tertiary/aromatic N) is 2. The summed E-state index contributed by atoms with van der Waals surface area (Å²) in [6.45, 7) is 0. The van der Waals surface area contributed by atoms with Crippen molar-refractivity contribution < 1.29 is 17.9 Å². The Balaban J connectivity index is 1.92. The number of hydrogen-bond donors (Lipinski definition) is 0. The van der Waals surface area contributed by atoms with E-state index in [0.29, 0.717) is 39.0 Å². The third-order valence-electron chi connectivity index (χ3n) is 4.35. The summed E-state index contributed by atoms with van der Waals surface area (Å²) in [6, 6.07) is 12.6. The van der Waals surface area contributed by atoms with Crippen molar-refractivity contribution in [1.29, 1.82) is 0 Å². The number of pyridine rings is 2. The summed E-state index contributed by atoms with van der Waals surface area (Å²) in [5.74, 6) is 0.998. The summed E-state index contributed by atoms with van der Waals surface area (Å²) in [5.41, 5.74) is 1.22. The highest BCUT2D eigenvalue weighted by Crippen LogP contribution is 2.46. The summed E-state index contributed by atoms with van der Waals surface area (Å²) in [7, 11) is 0. The number of alkyl halides is 3. The third kappa shape index (κ3) is 2.00. The van der Waals surface area contributed by atoms with Gasteiger partial charge in [-0.2, -0.15) is 13.2 Å². The molecule has 6 heteroatoms. The maximum atomic E-state index is 13.1. The molecule has 122 valence electrons. The Bertz CT molecular complexity index is 1170. The van der Waals surface area contributed by atoms with E-state index < -0.39 is 11.7 Å². The fraction of sp³-hybridized carbons (Fsp3) is 0.0526. The van der Waals surface area contributed by atoms with Crippen LogP contribution in [0.5, 0.6) is 11.6 Å². The fourth-order valence-electron chi connectivity index (χ4n) is 3.23. The topological polar surface area (TPSA) is 35.0 Å². The minimum atomic E-state index is -4.41. The molecule has 5 rings (SSSR count). The van der Waals surface area contributed by atoms with Gasteiger partial charge in [0, 0.05) is 22.5 Å². The maximum absolute atomic E-state index is 13.1. The van der Waals surface area contributed by atoms with Gasteiger partial charge in [-0.1, -0.05) is 12.1 Å². The van der Waals surface area contributed by atoms with Gasteiger partial charge in [-0.05, 0) is 36.4 Å². The standard InChI is InChI=1S/C19H9F3N2O/c20-19(21,22)10-5-6-14-13(9-10)11-7-8-23-17-12-3-1-2-4-15(12)25-18(24-14)16(11)17/h1-9H. The van der Waals surface area contributed by atoms with Gasteiger partial charge in [0.2, 0.25) is 5.88 Å². The molecule has 4 aromatic rings. The monoisotopic (exact) mass is 338 g/mol. The molecule has 0 saturated carbocycles. The van der Waals surface area contributed by atoms with E-state index in [1.807, 2.05) is 24.3 Å². The van der Waals surface area contributed by atoms with Gasteiger partial charge in [-0.3, -0.25) is 4.98 Å². The van der Waals surface area contributed by atoms with Crippen molar-refractivity contribution in [3.63, 3.8) is 0 Å². The quantitative estimate of drug-likeness (QED) is 0.346. The molecule has 0 saturated heterocycles. The number of benzene rings is 2. The SMILES string of the molecule is FC(F)(F)c1ccc2nc3c4c(nccc4c2c1)-c1ccccc1O3. The number of fused-ring (bicyclic) bond motifs is 4. The number of halogens is 3. The number of rotatable bonds is 0. The van der Waals surface area contributed by atoms with Gasteiger partial charge in [0.1, 0.15) is 5.75 Å². The molecule has 0 spiro atoms. The predicted molar refractivity (Wildman–Crippen MR) is 87.6 cm³/mol. The molecule has 1 aliphatic heterocycles. The normalized spacial score (nSPS) is 12.9. The van der Waals surface area contributed by atoms with Crippen LogP contribution in [0.3, 0.4) is 0 Å². The van der Waals surface area contributed by atoms with E-state index in [9.17, 15) is 13.2 Å². The highest BCUT2D eigenvalue weighted by Gasteiger charge is 2.31. The highest BCUT2D eigenvalue weighted by atomic mass is 19.4. The fourth-order valence-corrected chi connectivity index (χ4v) is 3.23. The van der Waals surface area contributed by atoms with Gasteiger partial charge >= 0.3 is 6.18 Å². The Labute approximate surface area is 139 Å². The van der Waals surface area contributed by atoms with Gasteiger partial charge < -0.3 is 4.74 Å². The van der Waals surface area contributed by atoms with Gasteiger partial charge in [0.25, 0.3) is 0 Å². The third-order valence-corrected chi connectivity index (χ3v) is 4.35. The predicted octanol–water partition coefficient (Wildman–Crippen LogP) is 5.57. The van der Waals surface area contributed by atoms with Crippen LogP contribution >= 0.6 is 0 Å². The Kier molecular flexibility index (Phi) is 2.67. The lowest BCUT2D eigenvalue weighted by molar-refractivity contribution is -0.137. The first-order valence-corrected chi connectivity index (χ1v) is 7.59. The highest BCUT2D eigenvalue weighted by molar-refractivity contribution is 6.13. The molecule has 2 aromatic heterocycles. The first-order chi connectivity index (χ1) is 12.0. The molecule has 0 radical (unpaired) electrons. The van der Waals surface area contributed by atoms with Crippen LogP contribution in [0.2, 0.25) is 0 Å². The van der Waals surface area contributed by atoms with Crippen LogP contribution in [0, 0.1) is 0 Å². The van der Waals surface area contributed by atoms with Crippen molar-refractivity contribution in [2.24, 2.45) is 0 Å². The van der Waals surface area contributed by atoms with Gasteiger partial charge in [0.05, 0.1) is 22.2 Å². The zero-order chi connectivity index (χ0) is 17.2. The van der Waals surface area contributed by atoms with Crippen molar-refractivity contribution in [3.8, 4) is 22.9 Å². The van der Waals surface area contributed by atoms with Crippen molar-refractivity contribution in [3.05, 3.63) is 60.3 Å². The van der Waals surface area contributed by atoms with Crippen molar-refractivity contribution >= 4 is 21.7 Å². The molecule has 25 heavy (non-hydrogen) atoms. The summed E-state index contributed by atoms with van der Waals surface area (Å²) in [4.78, 5) is 8.84. The molecule has 1 aliphatic rings. The maximum Gasteiger partial charge on any atom is 0.416 e. The number of hydrogen-bond acceptors (Lipinski definition) is 3. The summed E-state index contributed by atoms with van der Waals surface area (Å²) < 4.78 is 45.2. The first-order valence-electron chi connectivity index (χ1n) is 7.59. The van der Waals surface area contributed by atoms with Crippen LogP contribution in [0.4, 0.5) is 13.2 Å². The zero-order valence-corrected chi connectivity index (χ0v) is 12.6. The largest absolute Gasteiger partial charge is 0.438 e. The number of para-hydroxylation sites is 1. The van der Waals surface area contributed by atoms with E-state index in [-0.39, 0.29) is 0 Å². The first kappa shape index (κ1) is 14.2. The Morgan fingerprint density at radius 1 is 0.920 bits per heavy atom. The molecule has 0 amide bonds.